The minimum Gasteiger partial charge on any atom is -0.325 e. The van der Waals surface area contributed by atoms with Gasteiger partial charge in [-0.15, -0.1) is 0 Å². The van der Waals surface area contributed by atoms with Crippen molar-refractivity contribution in [3.05, 3.63) is 87.7 Å². The van der Waals surface area contributed by atoms with Crippen molar-refractivity contribution in [2.75, 3.05) is 56.6 Å². The van der Waals surface area contributed by atoms with Gasteiger partial charge < -0.3 is 15.1 Å². The summed E-state index contributed by atoms with van der Waals surface area (Å²) in [5, 5.41) is 4.25. The number of amides is 3. The largest absolute Gasteiger partial charge is 0.325 e. The van der Waals surface area contributed by atoms with Crippen LogP contribution < -0.4 is 5.32 Å². The van der Waals surface area contributed by atoms with E-state index in [1.807, 2.05) is 18.2 Å². The smallest absolute Gasteiger partial charge is 0.320 e. The Morgan fingerprint density at radius 1 is 1.09 bits per heavy atom. The number of sulfone groups is 1. The number of carbonyl (C=O) groups is 2. The molecule has 1 unspecified atom stereocenters. The molecule has 6 rings (SSSR count). The first kappa shape index (κ1) is 32.0. The number of carbonyl (C=O) groups excluding carboxylic acids is 2. The van der Waals surface area contributed by atoms with E-state index in [1.165, 1.54) is 18.4 Å². The van der Waals surface area contributed by atoms with Crippen molar-refractivity contribution in [2.45, 2.75) is 30.7 Å². The van der Waals surface area contributed by atoms with Crippen LogP contribution in [0.4, 0.5) is 14.9 Å². The Kier molecular flexibility index (Phi) is 9.04. The van der Waals surface area contributed by atoms with Crippen LogP contribution in [0.3, 0.4) is 0 Å². The average Bonchev–Trinajstić information content (AvgIpc) is 3.26. The SMILES string of the molecule is CS(=O)(=O)CCCN1CCN(C(=O)N2CC[C@@H](C3C=CC=C(Cl)C3)[C@]3(C(=O)Nc4cc(Cl)ccc43)[C@@H]2c2cccc(F)c2)CC1. The number of piperidine rings is 1. The van der Waals surface area contributed by atoms with Crippen molar-refractivity contribution in [2.24, 2.45) is 11.8 Å². The third kappa shape index (κ3) is 6.26. The molecule has 0 bridgehead atoms. The molecule has 3 amide bonds. The minimum atomic E-state index is -3.03. The highest BCUT2D eigenvalue weighted by Crippen LogP contribution is 2.59. The first-order valence-electron chi connectivity index (χ1n) is 15.3. The summed E-state index contributed by atoms with van der Waals surface area (Å²) in [6, 6.07) is 10.6. The molecule has 4 aliphatic rings. The molecular weight excluding hydrogens is 638 g/mol. The molecule has 2 saturated heterocycles. The fraction of sp³-hybridized carbons (Fsp3) is 0.455. The van der Waals surface area contributed by atoms with Gasteiger partial charge in [0.2, 0.25) is 5.91 Å². The summed E-state index contributed by atoms with van der Waals surface area (Å²) in [6.07, 6.45) is 8.74. The normalized spacial score (nSPS) is 27.0. The van der Waals surface area contributed by atoms with Crippen LogP contribution in [0.5, 0.6) is 0 Å². The van der Waals surface area contributed by atoms with Gasteiger partial charge in [0.15, 0.2) is 0 Å². The summed E-state index contributed by atoms with van der Waals surface area (Å²) < 4.78 is 38.1. The van der Waals surface area contributed by atoms with Gasteiger partial charge in [-0.3, -0.25) is 9.69 Å². The average molecular weight is 676 g/mol. The summed E-state index contributed by atoms with van der Waals surface area (Å²) >= 11 is 12.9. The van der Waals surface area contributed by atoms with E-state index in [9.17, 15) is 22.4 Å². The van der Waals surface area contributed by atoms with Crippen molar-refractivity contribution in [1.29, 1.82) is 0 Å². The summed E-state index contributed by atoms with van der Waals surface area (Å²) in [7, 11) is -3.03. The lowest BCUT2D eigenvalue weighted by Gasteiger charge is -2.54. The van der Waals surface area contributed by atoms with Crippen LogP contribution in [0, 0.1) is 17.7 Å². The van der Waals surface area contributed by atoms with Crippen LogP contribution in [0.2, 0.25) is 5.02 Å². The summed E-state index contributed by atoms with van der Waals surface area (Å²) in [6.45, 7) is 3.17. The Morgan fingerprint density at radius 3 is 2.58 bits per heavy atom. The molecule has 45 heavy (non-hydrogen) atoms. The number of allylic oxidation sites excluding steroid dienone is 4. The second-order valence-electron chi connectivity index (χ2n) is 12.5. The van der Waals surface area contributed by atoms with Gasteiger partial charge in [-0.05, 0) is 79.1 Å². The molecular formula is C33H37Cl2FN4O4S. The molecule has 240 valence electrons. The monoisotopic (exact) mass is 674 g/mol. The Hall–Kier alpha value is -2.92. The van der Waals surface area contributed by atoms with Crippen LogP contribution in [-0.2, 0) is 20.0 Å². The summed E-state index contributed by atoms with van der Waals surface area (Å²) in [5.74, 6) is -0.893. The number of hydrogen-bond donors (Lipinski definition) is 1. The molecule has 8 nitrogen and oxygen atoms in total. The Balaban J connectivity index is 1.38. The predicted molar refractivity (Wildman–Crippen MR) is 175 cm³/mol. The number of anilines is 1. The number of fused-ring (bicyclic) bond motifs is 2. The number of piperazine rings is 1. The molecule has 0 saturated carbocycles. The molecule has 1 aliphatic carbocycles. The van der Waals surface area contributed by atoms with Crippen molar-refractivity contribution >= 4 is 50.7 Å². The van der Waals surface area contributed by atoms with Crippen LogP contribution in [0.15, 0.2) is 65.7 Å². The van der Waals surface area contributed by atoms with E-state index in [1.54, 1.807) is 34.1 Å². The van der Waals surface area contributed by atoms with Gasteiger partial charge in [0.1, 0.15) is 21.1 Å². The van der Waals surface area contributed by atoms with Crippen molar-refractivity contribution in [3.8, 4) is 0 Å². The standard InChI is InChI=1S/C33H37Cl2FN4O4S/c1-45(43,44)18-4-12-38-14-16-39(17-15-38)32(42)40-13-11-27(22-5-2-7-24(34)19-22)33(30(40)23-6-3-8-26(36)20-23)28-10-9-25(35)21-29(28)37-31(33)41/h2-3,5-10,20-22,27,30H,4,11-19H2,1H3,(H,37,41)/t22?,27-,30-,33+/m0/s1. The zero-order valence-corrected chi connectivity index (χ0v) is 27.4. The zero-order valence-electron chi connectivity index (χ0n) is 25.1. The van der Waals surface area contributed by atoms with E-state index in [0.29, 0.717) is 79.8 Å². The minimum absolute atomic E-state index is 0.0846. The van der Waals surface area contributed by atoms with E-state index >= 15 is 0 Å². The lowest BCUT2D eigenvalue weighted by atomic mass is 9.56. The molecule has 2 aromatic carbocycles. The number of benzene rings is 2. The highest BCUT2D eigenvalue weighted by atomic mass is 35.5. The van der Waals surface area contributed by atoms with E-state index in [0.717, 1.165) is 5.56 Å². The quantitative estimate of drug-likeness (QED) is 0.431. The molecule has 2 fully saturated rings. The van der Waals surface area contributed by atoms with Gasteiger partial charge in [-0.25, -0.2) is 17.6 Å². The number of likely N-dealkylation sites (tertiary alicyclic amines) is 1. The molecule has 0 radical (unpaired) electrons. The van der Waals surface area contributed by atoms with Gasteiger partial charge in [0.25, 0.3) is 0 Å². The lowest BCUT2D eigenvalue weighted by Crippen LogP contribution is -2.63. The second-order valence-corrected chi connectivity index (χ2v) is 15.7. The first-order valence-corrected chi connectivity index (χ1v) is 18.1. The molecule has 2 aromatic rings. The molecule has 3 aliphatic heterocycles. The third-order valence-electron chi connectivity index (χ3n) is 9.69. The highest BCUT2D eigenvalue weighted by molar-refractivity contribution is 7.90. The maximum atomic E-state index is 14.9. The summed E-state index contributed by atoms with van der Waals surface area (Å²) in [5.41, 5.74) is 0.645. The molecule has 4 atom stereocenters. The Morgan fingerprint density at radius 2 is 1.87 bits per heavy atom. The van der Waals surface area contributed by atoms with Crippen molar-refractivity contribution in [1.82, 2.24) is 14.7 Å². The van der Waals surface area contributed by atoms with E-state index < -0.39 is 27.1 Å². The zero-order chi connectivity index (χ0) is 31.9. The second kappa shape index (κ2) is 12.7. The molecule has 0 aromatic heterocycles. The van der Waals surface area contributed by atoms with E-state index in [-0.39, 0.29) is 29.5 Å². The number of urea groups is 1. The van der Waals surface area contributed by atoms with Gasteiger partial charge in [-0.2, -0.15) is 0 Å². The number of nitrogens with one attached hydrogen (secondary N) is 1. The van der Waals surface area contributed by atoms with Crippen LogP contribution >= 0.6 is 23.2 Å². The lowest BCUT2D eigenvalue weighted by molar-refractivity contribution is -0.129. The fourth-order valence-electron chi connectivity index (χ4n) is 7.76. The molecule has 1 N–H and O–H groups in total. The van der Waals surface area contributed by atoms with Crippen LogP contribution in [0.1, 0.15) is 36.4 Å². The highest BCUT2D eigenvalue weighted by Gasteiger charge is 2.63. The van der Waals surface area contributed by atoms with Gasteiger partial charge in [0.05, 0.1) is 11.8 Å². The maximum Gasteiger partial charge on any atom is 0.320 e. The number of nitrogens with zero attached hydrogens (tertiary/aromatic N) is 3. The first-order chi connectivity index (χ1) is 21.5. The van der Waals surface area contributed by atoms with E-state index in [4.69, 9.17) is 23.2 Å². The maximum absolute atomic E-state index is 14.9. The predicted octanol–water partition coefficient (Wildman–Crippen LogP) is 5.60. The van der Waals surface area contributed by atoms with E-state index in [2.05, 4.69) is 16.3 Å². The number of halogens is 3. The number of rotatable bonds is 6. The Labute approximate surface area is 273 Å². The van der Waals surface area contributed by atoms with Crippen LogP contribution in [0.25, 0.3) is 0 Å². The Bertz CT molecular complexity index is 1660. The van der Waals surface area contributed by atoms with Gasteiger partial charge >= 0.3 is 6.03 Å². The molecule has 3 heterocycles. The fourth-order valence-corrected chi connectivity index (χ4v) is 8.84. The van der Waals surface area contributed by atoms with Crippen molar-refractivity contribution < 1.29 is 22.4 Å². The molecule has 1 spiro atoms. The van der Waals surface area contributed by atoms with Gasteiger partial charge in [0, 0.05) is 54.7 Å². The number of hydrogen-bond acceptors (Lipinski definition) is 5. The molecule has 12 heteroatoms. The van der Waals surface area contributed by atoms with Crippen molar-refractivity contribution in [3.63, 3.8) is 0 Å². The summed E-state index contributed by atoms with van der Waals surface area (Å²) in [4.78, 5) is 34.8. The van der Waals surface area contributed by atoms with Crippen LogP contribution in [-0.4, -0.2) is 86.3 Å². The third-order valence-corrected chi connectivity index (χ3v) is 11.2. The van der Waals surface area contributed by atoms with Gasteiger partial charge in [-0.1, -0.05) is 53.6 Å². The topological polar surface area (TPSA) is 90.0 Å².